The summed E-state index contributed by atoms with van der Waals surface area (Å²) < 4.78 is 26.2. The summed E-state index contributed by atoms with van der Waals surface area (Å²) in [6.07, 6.45) is 0.632. The largest absolute Gasteiger partial charge is 0.328 e. The van der Waals surface area contributed by atoms with Crippen LogP contribution in [0.1, 0.15) is 20.3 Å². The molecule has 0 fully saturated rings. The van der Waals surface area contributed by atoms with Gasteiger partial charge >= 0.3 is 0 Å². The molecule has 2 unspecified atom stereocenters. The molecule has 0 heterocycles. The number of nitrogens with zero attached hydrogens (tertiary/aromatic N) is 1. The highest BCUT2D eigenvalue weighted by Gasteiger charge is 2.16. The standard InChI is InChI=1S/C7H19N3O2S/c1-6(8)5-7(2)9-13(11,12)10(3)4/h6-7,9H,5,8H2,1-4H3. The average Bonchev–Trinajstić information content (AvgIpc) is 1.82. The van der Waals surface area contributed by atoms with Crippen LogP contribution in [0.2, 0.25) is 0 Å². The minimum absolute atomic E-state index is 0.000128. The maximum absolute atomic E-state index is 11.3. The van der Waals surface area contributed by atoms with E-state index in [1.807, 2.05) is 6.92 Å². The lowest BCUT2D eigenvalue weighted by Crippen LogP contribution is -2.42. The van der Waals surface area contributed by atoms with Gasteiger partial charge < -0.3 is 5.73 Å². The second-order valence-corrected chi connectivity index (χ2v) is 5.44. The molecule has 0 bridgehead atoms. The number of rotatable bonds is 5. The molecule has 3 N–H and O–H groups in total. The van der Waals surface area contributed by atoms with Crippen molar-refractivity contribution in [1.29, 1.82) is 0 Å². The number of hydrogen-bond acceptors (Lipinski definition) is 3. The summed E-state index contributed by atoms with van der Waals surface area (Å²) in [5.74, 6) is 0. The monoisotopic (exact) mass is 209 g/mol. The molecule has 0 aromatic rings. The lowest BCUT2D eigenvalue weighted by Gasteiger charge is -2.18. The van der Waals surface area contributed by atoms with Crippen molar-refractivity contribution in [1.82, 2.24) is 9.03 Å². The van der Waals surface area contributed by atoms with Gasteiger partial charge in [-0.1, -0.05) is 0 Å². The lowest BCUT2D eigenvalue weighted by molar-refractivity contribution is 0.474. The minimum atomic E-state index is -3.32. The molecule has 5 nitrogen and oxygen atoms in total. The zero-order valence-electron chi connectivity index (χ0n) is 8.61. The molecule has 0 radical (unpaired) electrons. The Kier molecular flexibility index (Phi) is 4.83. The van der Waals surface area contributed by atoms with E-state index in [1.54, 1.807) is 6.92 Å². The van der Waals surface area contributed by atoms with Crippen LogP contribution in [-0.4, -0.2) is 38.9 Å². The molecule has 0 saturated carbocycles. The van der Waals surface area contributed by atoms with E-state index < -0.39 is 10.2 Å². The summed E-state index contributed by atoms with van der Waals surface area (Å²) in [7, 11) is -0.341. The number of nitrogens with one attached hydrogen (secondary N) is 1. The van der Waals surface area contributed by atoms with Gasteiger partial charge in [0.15, 0.2) is 0 Å². The topological polar surface area (TPSA) is 75.4 Å². The first-order valence-electron chi connectivity index (χ1n) is 4.21. The second kappa shape index (κ2) is 4.90. The van der Waals surface area contributed by atoms with Crippen molar-refractivity contribution in [2.75, 3.05) is 14.1 Å². The van der Waals surface area contributed by atoms with E-state index in [2.05, 4.69) is 4.72 Å². The van der Waals surface area contributed by atoms with Gasteiger partial charge in [-0.15, -0.1) is 0 Å². The Bertz CT molecular complexity index is 236. The SMILES string of the molecule is CC(N)CC(C)NS(=O)(=O)N(C)C. The quantitative estimate of drug-likeness (QED) is 0.641. The fourth-order valence-corrected chi connectivity index (χ4v) is 1.78. The van der Waals surface area contributed by atoms with Crippen LogP contribution in [0.4, 0.5) is 0 Å². The first-order valence-corrected chi connectivity index (χ1v) is 5.65. The first-order chi connectivity index (χ1) is 5.75. The number of nitrogens with two attached hydrogens (primary N) is 1. The highest BCUT2D eigenvalue weighted by Crippen LogP contribution is 1.98. The van der Waals surface area contributed by atoms with E-state index >= 15 is 0 Å². The van der Waals surface area contributed by atoms with Gasteiger partial charge in [0, 0.05) is 26.2 Å². The van der Waals surface area contributed by atoms with Gasteiger partial charge in [-0.2, -0.15) is 17.4 Å². The molecular formula is C7H19N3O2S. The van der Waals surface area contributed by atoms with E-state index in [1.165, 1.54) is 14.1 Å². The summed E-state index contributed by atoms with van der Waals surface area (Å²) in [6.45, 7) is 3.64. The Balaban J connectivity index is 4.13. The van der Waals surface area contributed by atoms with E-state index in [4.69, 9.17) is 5.73 Å². The van der Waals surface area contributed by atoms with Crippen molar-refractivity contribution in [2.24, 2.45) is 5.73 Å². The van der Waals surface area contributed by atoms with Crippen molar-refractivity contribution < 1.29 is 8.42 Å². The molecule has 80 valence electrons. The molecule has 0 aromatic carbocycles. The molecule has 0 aliphatic heterocycles. The third-order valence-electron chi connectivity index (χ3n) is 1.56. The lowest BCUT2D eigenvalue weighted by atomic mass is 10.1. The average molecular weight is 209 g/mol. The van der Waals surface area contributed by atoms with Gasteiger partial charge in [0.1, 0.15) is 0 Å². The molecule has 0 aliphatic rings. The van der Waals surface area contributed by atoms with E-state index in [0.717, 1.165) is 4.31 Å². The van der Waals surface area contributed by atoms with Crippen molar-refractivity contribution in [3.05, 3.63) is 0 Å². The molecule has 0 amide bonds. The second-order valence-electron chi connectivity index (χ2n) is 3.52. The predicted octanol–water partition coefficient (Wildman–Crippen LogP) is -0.492. The molecule has 6 heteroatoms. The Labute approximate surface area is 80.5 Å². The Hall–Kier alpha value is -0.170. The summed E-state index contributed by atoms with van der Waals surface area (Å²) in [5, 5.41) is 0. The zero-order chi connectivity index (χ0) is 10.6. The van der Waals surface area contributed by atoms with E-state index in [9.17, 15) is 8.42 Å². The highest BCUT2D eigenvalue weighted by atomic mass is 32.2. The molecule has 0 rings (SSSR count). The van der Waals surface area contributed by atoms with Crippen LogP contribution in [0.3, 0.4) is 0 Å². The summed E-state index contributed by atoms with van der Waals surface area (Å²) >= 11 is 0. The Morgan fingerprint density at radius 3 is 2.15 bits per heavy atom. The predicted molar refractivity (Wildman–Crippen MR) is 53.5 cm³/mol. The summed E-state index contributed by atoms with van der Waals surface area (Å²) in [5.41, 5.74) is 5.54. The number of hydrogen-bond donors (Lipinski definition) is 2. The van der Waals surface area contributed by atoms with Gasteiger partial charge in [0.25, 0.3) is 10.2 Å². The molecule has 0 saturated heterocycles. The fraction of sp³-hybridized carbons (Fsp3) is 1.00. The van der Waals surface area contributed by atoms with Crippen molar-refractivity contribution >= 4 is 10.2 Å². The van der Waals surface area contributed by atoms with Crippen LogP contribution in [-0.2, 0) is 10.2 Å². The normalized spacial score (nSPS) is 17.4. The van der Waals surface area contributed by atoms with Crippen LogP contribution < -0.4 is 10.5 Å². The Morgan fingerprint density at radius 2 is 1.85 bits per heavy atom. The summed E-state index contributed by atoms with van der Waals surface area (Å²) in [6, 6.07) is -0.132. The fourth-order valence-electron chi connectivity index (χ4n) is 0.965. The zero-order valence-corrected chi connectivity index (χ0v) is 9.43. The van der Waals surface area contributed by atoms with Crippen molar-refractivity contribution in [3.8, 4) is 0 Å². The summed E-state index contributed by atoms with van der Waals surface area (Å²) in [4.78, 5) is 0. The minimum Gasteiger partial charge on any atom is -0.328 e. The van der Waals surface area contributed by atoms with Crippen LogP contribution in [0, 0.1) is 0 Å². The van der Waals surface area contributed by atoms with Crippen molar-refractivity contribution in [3.63, 3.8) is 0 Å². The maximum atomic E-state index is 11.3. The maximum Gasteiger partial charge on any atom is 0.279 e. The molecule has 0 aromatic heterocycles. The molecule has 0 aliphatic carbocycles. The third kappa shape index (κ3) is 5.20. The van der Waals surface area contributed by atoms with E-state index in [-0.39, 0.29) is 12.1 Å². The van der Waals surface area contributed by atoms with Gasteiger partial charge in [-0.3, -0.25) is 0 Å². The Morgan fingerprint density at radius 1 is 1.38 bits per heavy atom. The van der Waals surface area contributed by atoms with Crippen LogP contribution in [0.15, 0.2) is 0 Å². The van der Waals surface area contributed by atoms with Gasteiger partial charge in [-0.25, -0.2) is 0 Å². The van der Waals surface area contributed by atoms with Crippen molar-refractivity contribution in [2.45, 2.75) is 32.4 Å². The highest BCUT2D eigenvalue weighted by molar-refractivity contribution is 7.87. The molecule has 2 atom stereocenters. The van der Waals surface area contributed by atoms with E-state index in [0.29, 0.717) is 6.42 Å². The van der Waals surface area contributed by atoms with Crippen LogP contribution >= 0.6 is 0 Å². The van der Waals surface area contributed by atoms with Gasteiger partial charge in [0.05, 0.1) is 0 Å². The van der Waals surface area contributed by atoms with Crippen LogP contribution in [0.25, 0.3) is 0 Å². The third-order valence-corrected chi connectivity index (χ3v) is 3.22. The molecule has 13 heavy (non-hydrogen) atoms. The molecular weight excluding hydrogens is 190 g/mol. The van der Waals surface area contributed by atoms with Crippen LogP contribution in [0.5, 0.6) is 0 Å². The first kappa shape index (κ1) is 12.8. The smallest absolute Gasteiger partial charge is 0.279 e. The van der Waals surface area contributed by atoms with Gasteiger partial charge in [-0.05, 0) is 20.3 Å². The van der Waals surface area contributed by atoms with Gasteiger partial charge in [0.2, 0.25) is 0 Å². The molecule has 0 spiro atoms.